The maximum absolute atomic E-state index is 9.10. The van der Waals surface area contributed by atoms with E-state index in [0.29, 0.717) is 11.1 Å². The minimum absolute atomic E-state index is 0.114. The van der Waals surface area contributed by atoms with Gasteiger partial charge < -0.3 is 9.84 Å². The first-order chi connectivity index (χ1) is 8.20. The highest BCUT2D eigenvalue weighted by atomic mass is 35.5. The number of rotatable bonds is 4. The average Bonchev–Trinajstić information content (AvgIpc) is 2.83. The van der Waals surface area contributed by atoms with Crippen molar-refractivity contribution in [3.05, 3.63) is 28.8 Å². The standard InChI is InChI=1S/C13H17ClO2S/c1-9(7-15)10-2-3-13(12(14)6-10)16-11-4-5-17-8-11/h2-3,6,9,11,15H,4-5,7-8H2,1H3. The predicted octanol–water partition coefficient (Wildman–Crippen LogP) is 3.32. The van der Waals surface area contributed by atoms with Gasteiger partial charge in [-0.3, -0.25) is 0 Å². The molecule has 0 bridgehead atoms. The summed E-state index contributed by atoms with van der Waals surface area (Å²) in [6, 6.07) is 5.77. The topological polar surface area (TPSA) is 29.5 Å². The molecule has 1 saturated heterocycles. The van der Waals surface area contributed by atoms with Crippen LogP contribution in [0.3, 0.4) is 0 Å². The van der Waals surface area contributed by atoms with E-state index >= 15 is 0 Å². The van der Waals surface area contributed by atoms with E-state index in [1.807, 2.05) is 36.9 Å². The fourth-order valence-electron chi connectivity index (χ4n) is 1.81. The van der Waals surface area contributed by atoms with Crippen molar-refractivity contribution in [1.29, 1.82) is 0 Å². The maximum Gasteiger partial charge on any atom is 0.138 e. The van der Waals surface area contributed by atoms with Gasteiger partial charge in [-0.25, -0.2) is 0 Å². The molecule has 1 heterocycles. The first kappa shape index (κ1) is 13.1. The van der Waals surface area contributed by atoms with Crippen LogP contribution in [0.4, 0.5) is 0 Å². The van der Waals surface area contributed by atoms with Crippen LogP contribution in [0, 0.1) is 0 Å². The van der Waals surface area contributed by atoms with Crippen molar-refractivity contribution in [2.75, 3.05) is 18.1 Å². The molecule has 0 amide bonds. The van der Waals surface area contributed by atoms with Crippen LogP contribution in [0.5, 0.6) is 5.75 Å². The van der Waals surface area contributed by atoms with Crippen molar-refractivity contribution in [2.45, 2.75) is 25.4 Å². The summed E-state index contributed by atoms with van der Waals surface area (Å²) in [5.74, 6) is 3.09. The van der Waals surface area contributed by atoms with Gasteiger partial charge >= 0.3 is 0 Å². The van der Waals surface area contributed by atoms with Crippen LogP contribution in [-0.4, -0.2) is 29.3 Å². The third kappa shape index (κ3) is 3.30. The van der Waals surface area contributed by atoms with Crippen LogP contribution in [0.15, 0.2) is 18.2 Å². The van der Waals surface area contributed by atoms with E-state index in [-0.39, 0.29) is 12.5 Å². The Hall–Kier alpha value is -0.380. The molecule has 1 N–H and O–H groups in total. The summed E-state index contributed by atoms with van der Waals surface area (Å²) in [5.41, 5.74) is 1.05. The van der Waals surface area contributed by atoms with Crippen LogP contribution in [-0.2, 0) is 0 Å². The minimum Gasteiger partial charge on any atom is -0.488 e. The molecule has 1 aromatic carbocycles. The van der Waals surface area contributed by atoms with Crippen LogP contribution in [0.2, 0.25) is 5.02 Å². The van der Waals surface area contributed by atoms with Crippen LogP contribution < -0.4 is 4.74 Å². The Bertz CT molecular complexity index is 378. The molecule has 1 aliphatic heterocycles. The number of ether oxygens (including phenoxy) is 1. The van der Waals surface area contributed by atoms with E-state index in [2.05, 4.69) is 0 Å². The summed E-state index contributed by atoms with van der Waals surface area (Å²) >= 11 is 8.11. The second-order valence-electron chi connectivity index (χ2n) is 4.38. The van der Waals surface area contributed by atoms with Crippen molar-refractivity contribution in [1.82, 2.24) is 0 Å². The largest absolute Gasteiger partial charge is 0.488 e. The van der Waals surface area contributed by atoms with Gasteiger partial charge in [0, 0.05) is 18.3 Å². The Morgan fingerprint density at radius 2 is 2.41 bits per heavy atom. The van der Waals surface area contributed by atoms with E-state index in [4.69, 9.17) is 21.4 Å². The summed E-state index contributed by atoms with van der Waals surface area (Å²) in [5, 5.41) is 9.74. The molecule has 4 heteroatoms. The Morgan fingerprint density at radius 3 is 3.00 bits per heavy atom. The summed E-state index contributed by atoms with van der Waals surface area (Å²) in [4.78, 5) is 0. The summed E-state index contributed by atoms with van der Waals surface area (Å²) < 4.78 is 5.86. The molecule has 2 atom stereocenters. The van der Waals surface area contributed by atoms with Crippen molar-refractivity contribution in [3.8, 4) is 5.75 Å². The Balaban J connectivity index is 2.08. The first-order valence-corrected chi connectivity index (χ1v) is 7.38. The first-order valence-electron chi connectivity index (χ1n) is 5.85. The van der Waals surface area contributed by atoms with E-state index in [0.717, 1.165) is 23.5 Å². The van der Waals surface area contributed by atoms with Crippen LogP contribution in [0.25, 0.3) is 0 Å². The number of aliphatic hydroxyl groups excluding tert-OH is 1. The number of benzene rings is 1. The number of halogens is 1. The van der Waals surface area contributed by atoms with E-state index < -0.39 is 0 Å². The van der Waals surface area contributed by atoms with Gasteiger partial charge in [-0.15, -0.1) is 0 Å². The average molecular weight is 273 g/mol. The molecule has 2 nitrogen and oxygen atoms in total. The zero-order chi connectivity index (χ0) is 12.3. The molecule has 0 radical (unpaired) electrons. The van der Waals surface area contributed by atoms with Gasteiger partial charge in [0.05, 0.1) is 5.02 Å². The molecule has 2 rings (SSSR count). The van der Waals surface area contributed by atoms with Crippen molar-refractivity contribution >= 4 is 23.4 Å². The minimum atomic E-state index is 0.114. The second-order valence-corrected chi connectivity index (χ2v) is 5.93. The number of hydrogen-bond donors (Lipinski definition) is 1. The fourth-order valence-corrected chi connectivity index (χ4v) is 3.14. The normalized spacial score (nSPS) is 21.5. The van der Waals surface area contributed by atoms with E-state index in [9.17, 15) is 0 Å². The molecule has 0 saturated carbocycles. The Morgan fingerprint density at radius 1 is 1.59 bits per heavy atom. The Kier molecular flexibility index (Phi) is 4.60. The van der Waals surface area contributed by atoms with Gasteiger partial charge in [-0.05, 0) is 29.9 Å². The maximum atomic E-state index is 9.10. The molecular weight excluding hydrogens is 256 g/mol. The molecular formula is C13H17ClO2S. The van der Waals surface area contributed by atoms with Crippen LogP contribution in [0.1, 0.15) is 24.8 Å². The zero-order valence-corrected chi connectivity index (χ0v) is 11.4. The zero-order valence-electron chi connectivity index (χ0n) is 9.86. The third-order valence-electron chi connectivity index (χ3n) is 2.98. The number of thioether (sulfide) groups is 1. The molecule has 0 aliphatic carbocycles. The third-order valence-corrected chi connectivity index (χ3v) is 4.41. The van der Waals surface area contributed by atoms with Gasteiger partial charge in [0.25, 0.3) is 0 Å². The highest BCUT2D eigenvalue weighted by Gasteiger charge is 2.18. The lowest BCUT2D eigenvalue weighted by Crippen LogP contribution is -2.15. The predicted molar refractivity (Wildman–Crippen MR) is 73.3 cm³/mol. The lowest BCUT2D eigenvalue weighted by Gasteiger charge is -2.15. The van der Waals surface area contributed by atoms with E-state index in [1.54, 1.807) is 0 Å². The SMILES string of the molecule is CC(CO)c1ccc(OC2CCSC2)c(Cl)c1. The molecule has 1 aromatic rings. The summed E-state index contributed by atoms with van der Waals surface area (Å²) in [6.07, 6.45) is 1.38. The van der Waals surface area contributed by atoms with Crippen LogP contribution >= 0.6 is 23.4 Å². The Labute approximate surface area is 111 Å². The molecule has 1 aliphatic rings. The van der Waals surface area contributed by atoms with Gasteiger partial charge in [0.1, 0.15) is 11.9 Å². The van der Waals surface area contributed by atoms with E-state index in [1.165, 1.54) is 5.75 Å². The van der Waals surface area contributed by atoms with Gasteiger partial charge in [0.15, 0.2) is 0 Å². The lowest BCUT2D eigenvalue weighted by atomic mass is 10.0. The highest BCUT2D eigenvalue weighted by molar-refractivity contribution is 7.99. The molecule has 2 unspecified atom stereocenters. The van der Waals surface area contributed by atoms with Gasteiger partial charge in [-0.1, -0.05) is 24.6 Å². The molecule has 17 heavy (non-hydrogen) atoms. The number of aliphatic hydroxyl groups is 1. The molecule has 1 fully saturated rings. The molecule has 0 spiro atoms. The van der Waals surface area contributed by atoms with Crippen molar-refractivity contribution < 1.29 is 9.84 Å². The summed E-state index contributed by atoms with van der Waals surface area (Å²) in [7, 11) is 0. The quantitative estimate of drug-likeness (QED) is 0.912. The molecule has 0 aromatic heterocycles. The number of hydrogen-bond acceptors (Lipinski definition) is 3. The lowest BCUT2D eigenvalue weighted by molar-refractivity contribution is 0.229. The van der Waals surface area contributed by atoms with Crippen molar-refractivity contribution in [3.63, 3.8) is 0 Å². The smallest absolute Gasteiger partial charge is 0.138 e. The van der Waals surface area contributed by atoms with Gasteiger partial charge in [-0.2, -0.15) is 11.8 Å². The summed E-state index contributed by atoms with van der Waals surface area (Å²) in [6.45, 7) is 2.11. The highest BCUT2D eigenvalue weighted by Crippen LogP contribution is 2.31. The van der Waals surface area contributed by atoms with Crippen molar-refractivity contribution in [2.24, 2.45) is 0 Å². The fraction of sp³-hybridized carbons (Fsp3) is 0.538. The second kappa shape index (κ2) is 5.98. The molecule has 94 valence electrons. The monoisotopic (exact) mass is 272 g/mol. The van der Waals surface area contributed by atoms with Gasteiger partial charge in [0.2, 0.25) is 0 Å².